The molecule has 1 aromatic carbocycles. The van der Waals surface area contributed by atoms with Gasteiger partial charge in [-0.2, -0.15) is 0 Å². The number of nitrogens with one attached hydrogen (secondary N) is 1. The van der Waals surface area contributed by atoms with Crippen molar-refractivity contribution in [2.24, 2.45) is 0 Å². The van der Waals surface area contributed by atoms with Crippen LogP contribution in [0.5, 0.6) is 5.75 Å². The zero-order valence-electron chi connectivity index (χ0n) is 11.7. The number of hydrogen-bond acceptors (Lipinski definition) is 4. The van der Waals surface area contributed by atoms with Crippen molar-refractivity contribution in [3.8, 4) is 5.75 Å². The van der Waals surface area contributed by atoms with Gasteiger partial charge in [-0.25, -0.2) is 9.59 Å². The molecule has 1 atom stereocenters. The van der Waals surface area contributed by atoms with Crippen LogP contribution in [0.3, 0.4) is 0 Å². The first-order valence-corrected chi connectivity index (χ1v) is 6.59. The third kappa shape index (κ3) is 3.63. The predicted octanol–water partition coefficient (Wildman–Crippen LogP) is 0.426. The lowest BCUT2D eigenvalue weighted by Crippen LogP contribution is -2.50. The average molecular weight is 294 g/mol. The van der Waals surface area contributed by atoms with Crippen molar-refractivity contribution in [1.29, 1.82) is 0 Å². The average Bonchev–Trinajstić information content (AvgIpc) is 2.66. The van der Waals surface area contributed by atoms with E-state index in [9.17, 15) is 14.7 Å². The Labute approximate surface area is 122 Å². The van der Waals surface area contributed by atoms with Crippen LogP contribution in [0.1, 0.15) is 12.5 Å². The lowest BCUT2D eigenvalue weighted by molar-refractivity contribution is -0.155. The van der Waals surface area contributed by atoms with Crippen molar-refractivity contribution in [2.45, 2.75) is 19.1 Å². The van der Waals surface area contributed by atoms with Gasteiger partial charge in [0, 0.05) is 5.56 Å². The maximum absolute atomic E-state index is 12.1. The number of aliphatic carboxylic acids is 1. The summed E-state index contributed by atoms with van der Waals surface area (Å²) in [5.41, 5.74) is -1.11. The van der Waals surface area contributed by atoms with E-state index in [0.717, 1.165) is 18.2 Å². The minimum atomic E-state index is -1.99. The van der Waals surface area contributed by atoms with Gasteiger partial charge in [0.1, 0.15) is 12.4 Å². The minimum Gasteiger partial charge on any atom is -0.491 e. The molecule has 1 unspecified atom stereocenters. The summed E-state index contributed by atoms with van der Waals surface area (Å²) in [7, 11) is 0. The number of rotatable bonds is 3. The summed E-state index contributed by atoms with van der Waals surface area (Å²) in [6.07, 6.45) is 0. The van der Waals surface area contributed by atoms with Crippen LogP contribution in [0.25, 0.3) is 0 Å². The van der Waals surface area contributed by atoms with Gasteiger partial charge in [0.2, 0.25) is 0 Å². The van der Waals surface area contributed by atoms with Crippen molar-refractivity contribution in [3.63, 3.8) is 0 Å². The standard InChI is InChI=1S/C14H18N2O5/c1-14(20,12(17)18)9-15-13(19)16-6-7-21-11-5-3-2-4-10(11)8-16/h2-5,20H,6-9H2,1H3,(H,15,19)(H,17,18). The summed E-state index contributed by atoms with van der Waals surface area (Å²) in [6, 6.07) is 6.99. The molecule has 0 spiro atoms. The molecule has 114 valence electrons. The molecule has 7 nitrogen and oxygen atoms in total. The number of para-hydroxylation sites is 1. The highest BCUT2D eigenvalue weighted by Crippen LogP contribution is 2.22. The lowest BCUT2D eigenvalue weighted by atomic mass is 10.1. The topological polar surface area (TPSA) is 99.1 Å². The lowest BCUT2D eigenvalue weighted by Gasteiger charge is -2.23. The van der Waals surface area contributed by atoms with Gasteiger partial charge in [-0.1, -0.05) is 18.2 Å². The molecule has 0 fully saturated rings. The number of carbonyl (C=O) groups is 2. The first-order chi connectivity index (χ1) is 9.90. The molecular weight excluding hydrogens is 276 g/mol. The van der Waals surface area contributed by atoms with Gasteiger partial charge in [-0.15, -0.1) is 0 Å². The molecule has 7 heteroatoms. The number of ether oxygens (including phenoxy) is 1. The number of hydrogen-bond donors (Lipinski definition) is 3. The fourth-order valence-corrected chi connectivity index (χ4v) is 1.93. The van der Waals surface area contributed by atoms with Gasteiger partial charge in [0.25, 0.3) is 0 Å². The Morgan fingerprint density at radius 2 is 2.14 bits per heavy atom. The third-order valence-electron chi connectivity index (χ3n) is 3.28. The van der Waals surface area contributed by atoms with Gasteiger partial charge >= 0.3 is 12.0 Å². The van der Waals surface area contributed by atoms with Crippen molar-refractivity contribution < 1.29 is 24.5 Å². The molecule has 0 aliphatic carbocycles. The van der Waals surface area contributed by atoms with Crippen molar-refractivity contribution in [1.82, 2.24) is 10.2 Å². The highest BCUT2D eigenvalue weighted by Gasteiger charge is 2.31. The van der Waals surface area contributed by atoms with Crippen LogP contribution in [0.2, 0.25) is 0 Å². The summed E-state index contributed by atoms with van der Waals surface area (Å²) in [5.74, 6) is -0.641. The molecule has 0 saturated carbocycles. The van der Waals surface area contributed by atoms with E-state index in [1.54, 1.807) is 0 Å². The van der Waals surface area contributed by atoms with E-state index in [-0.39, 0.29) is 6.54 Å². The summed E-state index contributed by atoms with van der Waals surface area (Å²) in [4.78, 5) is 24.4. The number of benzene rings is 1. The molecule has 1 aromatic rings. The largest absolute Gasteiger partial charge is 0.491 e. The van der Waals surface area contributed by atoms with E-state index in [2.05, 4.69) is 5.32 Å². The molecule has 3 N–H and O–H groups in total. The van der Waals surface area contributed by atoms with Gasteiger partial charge in [-0.05, 0) is 13.0 Å². The van der Waals surface area contributed by atoms with E-state index in [4.69, 9.17) is 9.84 Å². The summed E-state index contributed by atoms with van der Waals surface area (Å²) in [6.45, 7) is 1.89. The Hall–Kier alpha value is -2.28. The Bertz CT molecular complexity index is 544. The maximum Gasteiger partial charge on any atom is 0.337 e. The zero-order valence-corrected chi connectivity index (χ0v) is 11.7. The molecule has 2 rings (SSSR count). The van der Waals surface area contributed by atoms with E-state index < -0.39 is 17.6 Å². The predicted molar refractivity (Wildman–Crippen MR) is 74.0 cm³/mol. The fraction of sp³-hybridized carbons (Fsp3) is 0.429. The number of nitrogens with zero attached hydrogens (tertiary/aromatic N) is 1. The van der Waals surface area contributed by atoms with Crippen LogP contribution in [0.4, 0.5) is 4.79 Å². The second-order valence-corrected chi connectivity index (χ2v) is 5.12. The van der Waals surface area contributed by atoms with Gasteiger partial charge in [0.15, 0.2) is 5.60 Å². The number of carboxylic acid groups (broad SMARTS) is 1. The first kappa shape index (κ1) is 15.1. The summed E-state index contributed by atoms with van der Waals surface area (Å²) >= 11 is 0. The SMILES string of the molecule is CC(O)(CNC(=O)N1CCOc2ccccc2C1)C(=O)O. The van der Waals surface area contributed by atoms with E-state index in [1.807, 2.05) is 24.3 Å². The Morgan fingerprint density at radius 3 is 2.86 bits per heavy atom. The molecule has 0 saturated heterocycles. The van der Waals surface area contributed by atoms with E-state index >= 15 is 0 Å². The summed E-state index contributed by atoms with van der Waals surface area (Å²) in [5, 5.41) is 20.8. The Balaban J connectivity index is 1.99. The zero-order chi connectivity index (χ0) is 15.5. The van der Waals surface area contributed by atoms with E-state index in [1.165, 1.54) is 4.90 Å². The second-order valence-electron chi connectivity index (χ2n) is 5.12. The molecule has 1 aliphatic rings. The van der Waals surface area contributed by atoms with Crippen molar-refractivity contribution in [3.05, 3.63) is 29.8 Å². The van der Waals surface area contributed by atoms with Gasteiger partial charge < -0.3 is 25.2 Å². The number of amides is 2. The smallest absolute Gasteiger partial charge is 0.337 e. The summed E-state index contributed by atoms with van der Waals surface area (Å²) < 4.78 is 5.55. The molecule has 1 aliphatic heterocycles. The minimum absolute atomic E-state index is 0.361. The molecule has 0 radical (unpaired) electrons. The van der Waals surface area contributed by atoms with Crippen LogP contribution in [0.15, 0.2) is 24.3 Å². The van der Waals surface area contributed by atoms with Gasteiger partial charge in [0.05, 0.1) is 19.6 Å². The number of aliphatic hydroxyl groups is 1. The van der Waals surface area contributed by atoms with Crippen LogP contribution in [0, 0.1) is 0 Å². The molecule has 21 heavy (non-hydrogen) atoms. The number of carboxylic acids is 1. The molecule has 2 amide bonds. The molecule has 1 heterocycles. The fourth-order valence-electron chi connectivity index (χ4n) is 1.93. The number of carbonyl (C=O) groups excluding carboxylic acids is 1. The quantitative estimate of drug-likeness (QED) is 0.750. The van der Waals surface area contributed by atoms with Crippen molar-refractivity contribution in [2.75, 3.05) is 19.7 Å². The maximum atomic E-state index is 12.1. The molecular formula is C14H18N2O5. The highest BCUT2D eigenvalue weighted by atomic mass is 16.5. The van der Waals surface area contributed by atoms with Crippen LogP contribution in [-0.4, -0.2) is 52.4 Å². The normalized spacial score (nSPS) is 17.0. The highest BCUT2D eigenvalue weighted by molar-refractivity contribution is 5.79. The van der Waals surface area contributed by atoms with Gasteiger partial charge in [-0.3, -0.25) is 0 Å². The first-order valence-electron chi connectivity index (χ1n) is 6.59. The van der Waals surface area contributed by atoms with E-state index in [0.29, 0.717) is 19.7 Å². The molecule has 0 aromatic heterocycles. The Kier molecular flexibility index (Phi) is 4.32. The number of urea groups is 1. The van der Waals surface area contributed by atoms with Crippen LogP contribution >= 0.6 is 0 Å². The molecule has 0 bridgehead atoms. The van der Waals surface area contributed by atoms with Crippen LogP contribution in [-0.2, 0) is 11.3 Å². The van der Waals surface area contributed by atoms with Crippen LogP contribution < -0.4 is 10.1 Å². The number of fused-ring (bicyclic) bond motifs is 1. The second kappa shape index (κ2) is 6.01. The Morgan fingerprint density at radius 1 is 1.43 bits per heavy atom. The monoisotopic (exact) mass is 294 g/mol. The van der Waals surface area contributed by atoms with Crippen molar-refractivity contribution >= 4 is 12.0 Å². The third-order valence-corrected chi connectivity index (χ3v) is 3.28.